The van der Waals surface area contributed by atoms with E-state index < -0.39 is 12.0 Å². The molecule has 3 N–H and O–H groups in total. The van der Waals surface area contributed by atoms with E-state index in [9.17, 15) is 15.0 Å². The van der Waals surface area contributed by atoms with Crippen LogP contribution in [0.2, 0.25) is 5.02 Å². The van der Waals surface area contributed by atoms with Gasteiger partial charge in [-0.05, 0) is 42.8 Å². The third-order valence-electron chi connectivity index (χ3n) is 2.82. The molecule has 0 aromatic heterocycles. The largest absolute Gasteiger partial charge is 0.508 e. The van der Waals surface area contributed by atoms with E-state index in [1.54, 1.807) is 31.2 Å². The van der Waals surface area contributed by atoms with Crippen molar-refractivity contribution in [3.05, 3.63) is 58.6 Å². The molecule has 0 spiro atoms. The van der Waals surface area contributed by atoms with Crippen LogP contribution in [0.5, 0.6) is 5.75 Å². The quantitative estimate of drug-likeness (QED) is 0.812. The average molecular weight is 292 g/mol. The highest BCUT2D eigenvalue weighted by Crippen LogP contribution is 2.23. The molecule has 2 aromatic rings. The lowest BCUT2D eigenvalue weighted by Gasteiger charge is -2.10. The van der Waals surface area contributed by atoms with Gasteiger partial charge in [-0.3, -0.25) is 4.79 Å². The lowest BCUT2D eigenvalue weighted by atomic mass is 10.1. The number of rotatable bonds is 3. The predicted molar refractivity (Wildman–Crippen MR) is 78.1 cm³/mol. The maximum absolute atomic E-state index is 12.1. The molecule has 1 amide bonds. The van der Waals surface area contributed by atoms with Crippen molar-refractivity contribution in [1.82, 2.24) is 0 Å². The topological polar surface area (TPSA) is 69.6 Å². The van der Waals surface area contributed by atoms with Crippen LogP contribution in [-0.4, -0.2) is 16.1 Å². The van der Waals surface area contributed by atoms with E-state index in [0.29, 0.717) is 11.3 Å². The summed E-state index contributed by atoms with van der Waals surface area (Å²) in [5.74, 6) is -0.453. The molecule has 4 nitrogen and oxygen atoms in total. The number of aromatic hydroxyl groups is 1. The Morgan fingerprint density at radius 1 is 1.25 bits per heavy atom. The highest BCUT2D eigenvalue weighted by molar-refractivity contribution is 6.34. The first-order valence-electron chi connectivity index (χ1n) is 6.05. The Morgan fingerprint density at radius 3 is 2.70 bits per heavy atom. The molecule has 0 heterocycles. The lowest BCUT2D eigenvalue weighted by Crippen LogP contribution is -2.12. The van der Waals surface area contributed by atoms with Gasteiger partial charge in [-0.15, -0.1) is 0 Å². The number of carbonyl (C=O) groups excluding carboxylic acids is 1. The Morgan fingerprint density at radius 2 is 2.00 bits per heavy atom. The van der Waals surface area contributed by atoms with Crippen LogP contribution in [0.1, 0.15) is 28.9 Å². The summed E-state index contributed by atoms with van der Waals surface area (Å²) < 4.78 is 0. The lowest BCUT2D eigenvalue weighted by molar-refractivity contribution is 0.102. The number of benzene rings is 2. The molecule has 0 aliphatic heterocycles. The Hall–Kier alpha value is -2.04. The van der Waals surface area contributed by atoms with Crippen LogP contribution in [-0.2, 0) is 0 Å². The summed E-state index contributed by atoms with van der Waals surface area (Å²) in [5, 5.41) is 21.8. The van der Waals surface area contributed by atoms with Crippen LogP contribution < -0.4 is 5.32 Å². The van der Waals surface area contributed by atoms with Crippen molar-refractivity contribution in [3.63, 3.8) is 0 Å². The molecule has 1 unspecified atom stereocenters. The van der Waals surface area contributed by atoms with Crippen molar-refractivity contribution in [2.45, 2.75) is 13.0 Å². The number of phenols is 1. The summed E-state index contributed by atoms with van der Waals surface area (Å²) in [5.41, 5.74) is 1.44. The van der Waals surface area contributed by atoms with E-state index in [0.717, 1.165) is 0 Å². The highest BCUT2D eigenvalue weighted by Gasteiger charge is 2.12. The number of carbonyl (C=O) groups is 1. The maximum atomic E-state index is 12.1. The Balaban J connectivity index is 2.23. The number of phenolic OH excluding ortho intramolecular Hbond substituents is 1. The summed E-state index contributed by atoms with van der Waals surface area (Å²) in [6.45, 7) is 1.65. The van der Waals surface area contributed by atoms with E-state index in [-0.39, 0.29) is 16.3 Å². The molecular formula is C15H14ClNO3. The maximum Gasteiger partial charge on any atom is 0.257 e. The molecule has 1 atom stereocenters. The molecular weight excluding hydrogens is 278 g/mol. The summed E-state index contributed by atoms with van der Waals surface area (Å²) in [6, 6.07) is 11.1. The minimum absolute atomic E-state index is 0.0303. The second-order valence-electron chi connectivity index (χ2n) is 4.42. The van der Waals surface area contributed by atoms with Gasteiger partial charge in [0.25, 0.3) is 5.91 Å². The molecule has 2 rings (SSSR count). The van der Waals surface area contributed by atoms with Crippen molar-refractivity contribution < 1.29 is 15.0 Å². The van der Waals surface area contributed by atoms with E-state index in [1.165, 1.54) is 18.2 Å². The molecule has 2 aromatic carbocycles. The summed E-state index contributed by atoms with van der Waals surface area (Å²) in [7, 11) is 0. The molecule has 104 valence electrons. The average Bonchev–Trinajstić information content (AvgIpc) is 2.41. The van der Waals surface area contributed by atoms with Crippen molar-refractivity contribution in [2.75, 3.05) is 5.32 Å². The molecule has 0 aliphatic rings. The molecule has 20 heavy (non-hydrogen) atoms. The fourth-order valence-corrected chi connectivity index (χ4v) is 1.97. The van der Waals surface area contributed by atoms with Crippen molar-refractivity contribution in [1.29, 1.82) is 0 Å². The van der Waals surface area contributed by atoms with Crippen LogP contribution in [0.3, 0.4) is 0 Å². The second-order valence-corrected chi connectivity index (χ2v) is 4.83. The first-order valence-corrected chi connectivity index (χ1v) is 6.43. The zero-order valence-corrected chi connectivity index (χ0v) is 11.6. The first kappa shape index (κ1) is 14.4. The minimum atomic E-state index is -0.615. The molecule has 0 aliphatic carbocycles. The van der Waals surface area contributed by atoms with Crippen LogP contribution in [0.25, 0.3) is 0 Å². The van der Waals surface area contributed by atoms with Crippen LogP contribution in [0, 0.1) is 0 Å². The van der Waals surface area contributed by atoms with Crippen molar-refractivity contribution in [3.8, 4) is 5.75 Å². The van der Waals surface area contributed by atoms with Gasteiger partial charge in [0.15, 0.2) is 0 Å². The van der Waals surface area contributed by atoms with E-state index >= 15 is 0 Å². The number of hydrogen-bond donors (Lipinski definition) is 3. The van der Waals surface area contributed by atoms with Gasteiger partial charge >= 0.3 is 0 Å². The van der Waals surface area contributed by atoms with Gasteiger partial charge in [0, 0.05) is 5.69 Å². The Kier molecular flexibility index (Phi) is 4.27. The summed E-state index contributed by atoms with van der Waals surface area (Å²) >= 11 is 5.93. The van der Waals surface area contributed by atoms with Crippen LogP contribution >= 0.6 is 11.6 Å². The molecule has 5 heteroatoms. The SMILES string of the molecule is CC(O)c1cccc(NC(=O)c2cc(O)ccc2Cl)c1. The van der Waals surface area contributed by atoms with E-state index in [2.05, 4.69) is 5.32 Å². The smallest absolute Gasteiger partial charge is 0.257 e. The minimum Gasteiger partial charge on any atom is -0.508 e. The van der Waals surface area contributed by atoms with Gasteiger partial charge in [0.1, 0.15) is 5.75 Å². The Bertz CT molecular complexity index is 641. The normalized spacial score (nSPS) is 11.9. The van der Waals surface area contributed by atoms with Gasteiger partial charge < -0.3 is 15.5 Å². The second kappa shape index (κ2) is 5.94. The Labute approximate surface area is 121 Å². The predicted octanol–water partition coefficient (Wildman–Crippen LogP) is 3.35. The zero-order valence-electron chi connectivity index (χ0n) is 10.8. The van der Waals surface area contributed by atoms with Gasteiger partial charge in [0.2, 0.25) is 0 Å². The zero-order chi connectivity index (χ0) is 14.7. The summed E-state index contributed by atoms with van der Waals surface area (Å²) in [4.78, 5) is 12.1. The standard InChI is InChI=1S/C15H14ClNO3/c1-9(18)10-3-2-4-11(7-10)17-15(20)13-8-12(19)5-6-14(13)16/h2-9,18-19H,1H3,(H,17,20). The number of anilines is 1. The van der Waals surface area contributed by atoms with Gasteiger partial charge in [-0.25, -0.2) is 0 Å². The van der Waals surface area contributed by atoms with Gasteiger partial charge in [-0.1, -0.05) is 23.7 Å². The van der Waals surface area contributed by atoms with Gasteiger partial charge in [0.05, 0.1) is 16.7 Å². The number of nitrogens with one attached hydrogen (secondary N) is 1. The third-order valence-corrected chi connectivity index (χ3v) is 3.15. The van der Waals surface area contributed by atoms with E-state index in [4.69, 9.17) is 11.6 Å². The first-order chi connectivity index (χ1) is 9.47. The monoisotopic (exact) mass is 291 g/mol. The molecule has 0 saturated heterocycles. The van der Waals surface area contributed by atoms with Gasteiger partial charge in [-0.2, -0.15) is 0 Å². The molecule has 0 bridgehead atoms. The number of halogens is 1. The van der Waals surface area contributed by atoms with Crippen LogP contribution in [0.4, 0.5) is 5.69 Å². The number of hydrogen-bond acceptors (Lipinski definition) is 3. The molecule has 0 radical (unpaired) electrons. The number of aliphatic hydroxyl groups is 1. The van der Waals surface area contributed by atoms with Crippen molar-refractivity contribution in [2.24, 2.45) is 0 Å². The number of aliphatic hydroxyl groups excluding tert-OH is 1. The highest BCUT2D eigenvalue weighted by atomic mass is 35.5. The third kappa shape index (κ3) is 3.29. The van der Waals surface area contributed by atoms with Crippen molar-refractivity contribution >= 4 is 23.2 Å². The molecule has 0 saturated carbocycles. The number of amides is 1. The van der Waals surface area contributed by atoms with E-state index in [1.807, 2.05) is 0 Å². The fraction of sp³-hybridized carbons (Fsp3) is 0.133. The summed E-state index contributed by atoms with van der Waals surface area (Å²) in [6.07, 6.45) is -0.615. The fourth-order valence-electron chi connectivity index (χ4n) is 1.76. The van der Waals surface area contributed by atoms with Crippen LogP contribution in [0.15, 0.2) is 42.5 Å². The molecule has 0 fully saturated rings.